The van der Waals surface area contributed by atoms with Crippen LogP contribution in [-0.2, 0) is 5.41 Å². The van der Waals surface area contributed by atoms with Gasteiger partial charge >= 0.3 is 0 Å². The Hall–Kier alpha value is -1.31. The van der Waals surface area contributed by atoms with E-state index in [0.717, 1.165) is 11.1 Å². The van der Waals surface area contributed by atoms with Crippen molar-refractivity contribution >= 4 is 11.8 Å². The monoisotopic (exact) mass is 177 g/mol. The topological polar surface area (TPSA) is 26.0 Å². The molecule has 1 aliphatic carbocycles. The number of nitrogens with two attached hydrogens (primary N) is 1. The zero-order valence-electron chi connectivity index (χ0n) is 7.76. The fraction of sp³-hybridized carbons (Fsp3) is 0.273. The van der Waals surface area contributed by atoms with Gasteiger partial charge in [0.1, 0.15) is 5.82 Å². The van der Waals surface area contributed by atoms with Crippen molar-refractivity contribution in [2.24, 2.45) is 0 Å². The molecule has 0 aromatic heterocycles. The van der Waals surface area contributed by atoms with E-state index in [9.17, 15) is 4.39 Å². The van der Waals surface area contributed by atoms with Gasteiger partial charge in [0.15, 0.2) is 0 Å². The third-order valence-corrected chi connectivity index (χ3v) is 2.47. The molecule has 0 heterocycles. The van der Waals surface area contributed by atoms with Crippen LogP contribution < -0.4 is 5.73 Å². The van der Waals surface area contributed by atoms with Crippen molar-refractivity contribution < 1.29 is 4.39 Å². The fourth-order valence-electron chi connectivity index (χ4n) is 1.84. The minimum atomic E-state index is -0.204. The van der Waals surface area contributed by atoms with Gasteiger partial charge in [-0.1, -0.05) is 26.0 Å². The predicted octanol–water partition coefficient (Wildman–Crippen LogP) is 2.71. The average Bonchev–Trinajstić information content (AvgIpc) is 2.26. The molecule has 1 nitrogen and oxygen atoms in total. The minimum Gasteiger partial charge on any atom is -0.399 e. The lowest BCUT2D eigenvalue weighted by atomic mass is 9.86. The molecule has 0 radical (unpaired) electrons. The van der Waals surface area contributed by atoms with Gasteiger partial charge in [-0.2, -0.15) is 0 Å². The minimum absolute atomic E-state index is 0.201. The Bertz CT molecular complexity index is 391. The number of hydrogen-bond donors (Lipinski definition) is 1. The van der Waals surface area contributed by atoms with Gasteiger partial charge in [0.05, 0.1) is 0 Å². The van der Waals surface area contributed by atoms with E-state index in [0.29, 0.717) is 5.69 Å². The first-order chi connectivity index (χ1) is 6.00. The maximum absolute atomic E-state index is 13.5. The van der Waals surface area contributed by atoms with Crippen LogP contribution in [0.1, 0.15) is 25.0 Å². The average molecular weight is 177 g/mol. The van der Waals surface area contributed by atoms with Crippen LogP contribution >= 0.6 is 0 Å². The molecule has 13 heavy (non-hydrogen) atoms. The molecule has 0 fully saturated rings. The summed E-state index contributed by atoms with van der Waals surface area (Å²) in [5.41, 5.74) is 7.49. The van der Waals surface area contributed by atoms with Crippen LogP contribution in [-0.4, -0.2) is 0 Å². The molecular formula is C11H12FN. The lowest BCUT2D eigenvalue weighted by Gasteiger charge is -2.18. The highest BCUT2D eigenvalue weighted by atomic mass is 19.1. The molecule has 1 aliphatic rings. The molecule has 2 heteroatoms. The molecular weight excluding hydrogens is 165 g/mol. The Kier molecular flexibility index (Phi) is 1.50. The van der Waals surface area contributed by atoms with Gasteiger partial charge in [0, 0.05) is 16.7 Å². The highest BCUT2D eigenvalue weighted by molar-refractivity contribution is 5.68. The van der Waals surface area contributed by atoms with Crippen LogP contribution in [0.3, 0.4) is 0 Å². The number of halogens is 1. The number of fused-ring (bicyclic) bond motifs is 1. The molecule has 0 unspecified atom stereocenters. The van der Waals surface area contributed by atoms with Crippen molar-refractivity contribution in [3.8, 4) is 0 Å². The largest absolute Gasteiger partial charge is 0.399 e. The fourth-order valence-corrected chi connectivity index (χ4v) is 1.84. The number of rotatable bonds is 0. The number of allylic oxidation sites excluding steroid dienone is 1. The van der Waals surface area contributed by atoms with E-state index in [4.69, 9.17) is 5.73 Å². The van der Waals surface area contributed by atoms with Crippen LogP contribution in [0.25, 0.3) is 6.08 Å². The van der Waals surface area contributed by atoms with E-state index in [-0.39, 0.29) is 11.2 Å². The highest BCUT2D eigenvalue weighted by Gasteiger charge is 2.28. The Morgan fingerprint density at radius 2 is 2.00 bits per heavy atom. The highest BCUT2D eigenvalue weighted by Crippen LogP contribution is 2.37. The van der Waals surface area contributed by atoms with E-state index in [1.807, 2.05) is 32.1 Å². The molecule has 0 spiro atoms. The molecule has 1 aromatic rings. The van der Waals surface area contributed by atoms with E-state index in [1.165, 1.54) is 6.07 Å². The molecule has 1 aromatic carbocycles. The molecule has 0 bridgehead atoms. The van der Waals surface area contributed by atoms with E-state index in [2.05, 4.69) is 0 Å². The summed E-state index contributed by atoms with van der Waals surface area (Å²) in [5, 5.41) is 0. The molecule has 0 atom stereocenters. The summed E-state index contributed by atoms with van der Waals surface area (Å²) in [5.74, 6) is -0.204. The summed E-state index contributed by atoms with van der Waals surface area (Å²) in [6, 6.07) is 3.19. The summed E-state index contributed by atoms with van der Waals surface area (Å²) in [7, 11) is 0. The smallest absolute Gasteiger partial charge is 0.129 e. The van der Waals surface area contributed by atoms with Crippen molar-refractivity contribution in [2.45, 2.75) is 19.3 Å². The lowest BCUT2D eigenvalue weighted by Crippen LogP contribution is -2.13. The first-order valence-electron chi connectivity index (χ1n) is 4.29. The second-order valence-electron chi connectivity index (χ2n) is 4.02. The van der Waals surface area contributed by atoms with Crippen molar-refractivity contribution in [1.82, 2.24) is 0 Å². The zero-order chi connectivity index (χ0) is 9.64. The number of hydrogen-bond acceptors (Lipinski definition) is 1. The molecule has 0 amide bonds. The Morgan fingerprint density at radius 1 is 1.31 bits per heavy atom. The van der Waals surface area contributed by atoms with Crippen LogP contribution in [0.4, 0.5) is 10.1 Å². The summed E-state index contributed by atoms with van der Waals surface area (Å²) in [6.45, 7) is 3.99. The second-order valence-corrected chi connectivity index (χ2v) is 4.02. The van der Waals surface area contributed by atoms with Crippen LogP contribution in [0.5, 0.6) is 0 Å². The van der Waals surface area contributed by atoms with Crippen molar-refractivity contribution in [3.63, 3.8) is 0 Å². The van der Waals surface area contributed by atoms with Gasteiger partial charge in [-0.3, -0.25) is 0 Å². The van der Waals surface area contributed by atoms with Crippen LogP contribution in [0.2, 0.25) is 0 Å². The van der Waals surface area contributed by atoms with Crippen molar-refractivity contribution in [2.75, 3.05) is 5.73 Å². The Balaban J connectivity index is 2.71. The summed E-state index contributed by atoms with van der Waals surface area (Å²) >= 11 is 0. The molecule has 0 aliphatic heterocycles. The van der Waals surface area contributed by atoms with Crippen molar-refractivity contribution in [3.05, 3.63) is 35.2 Å². The van der Waals surface area contributed by atoms with Gasteiger partial charge in [0.2, 0.25) is 0 Å². The van der Waals surface area contributed by atoms with Crippen molar-refractivity contribution in [1.29, 1.82) is 0 Å². The van der Waals surface area contributed by atoms with Crippen LogP contribution in [0.15, 0.2) is 18.2 Å². The van der Waals surface area contributed by atoms with Gasteiger partial charge in [-0.05, 0) is 17.7 Å². The third kappa shape index (κ3) is 1.13. The maximum Gasteiger partial charge on any atom is 0.129 e. The predicted molar refractivity (Wildman–Crippen MR) is 52.9 cm³/mol. The van der Waals surface area contributed by atoms with Gasteiger partial charge in [0.25, 0.3) is 0 Å². The zero-order valence-corrected chi connectivity index (χ0v) is 7.76. The Labute approximate surface area is 77.1 Å². The third-order valence-electron chi connectivity index (χ3n) is 2.47. The second kappa shape index (κ2) is 2.34. The number of nitrogen functional groups attached to an aromatic ring is 1. The molecule has 2 rings (SSSR count). The molecule has 2 N–H and O–H groups in total. The first-order valence-corrected chi connectivity index (χ1v) is 4.29. The quantitative estimate of drug-likeness (QED) is 0.606. The van der Waals surface area contributed by atoms with Gasteiger partial charge in [-0.25, -0.2) is 4.39 Å². The number of anilines is 1. The maximum atomic E-state index is 13.5. The number of benzene rings is 1. The first kappa shape index (κ1) is 8.30. The summed E-state index contributed by atoms with van der Waals surface area (Å²) < 4.78 is 13.5. The lowest BCUT2D eigenvalue weighted by molar-refractivity contribution is 0.565. The van der Waals surface area contributed by atoms with E-state index in [1.54, 1.807) is 0 Å². The molecule has 68 valence electrons. The van der Waals surface area contributed by atoms with E-state index >= 15 is 0 Å². The molecule has 0 saturated heterocycles. The van der Waals surface area contributed by atoms with Gasteiger partial charge < -0.3 is 5.73 Å². The van der Waals surface area contributed by atoms with Gasteiger partial charge in [-0.15, -0.1) is 0 Å². The summed E-state index contributed by atoms with van der Waals surface area (Å²) in [6.07, 6.45) is 3.93. The normalized spacial score (nSPS) is 17.5. The Morgan fingerprint density at radius 3 is 2.69 bits per heavy atom. The standard InChI is InChI=1S/C11H12FN/c1-11(2)4-3-7-5-8(13)6-9(12)10(7)11/h3-6H,13H2,1-2H3. The summed E-state index contributed by atoms with van der Waals surface area (Å²) in [4.78, 5) is 0. The molecule has 0 saturated carbocycles. The van der Waals surface area contributed by atoms with E-state index < -0.39 is 0 Å². The SMILES string of the molecule is CC1(C)C=Cc2cc(N)cc(F)c21. The van der Waals surface area contributed by atoms with Crippen LogP contribution in [0, 0.1) is 5.82 Å².